The third-order valence-electron chi connectivity index (χ3n) is 2.43. The van der Waals surface area contributed by atoms with Crippen molar-refractivity contribution in [2.45, 2.75) is 13.3 Å². The third kappa shape index (κ3) is 2.10. The van der Waals surface area contributed by atoms with Crippen molar-refractivity contribution in [3.8, 4) is 5.69 Å². The fourth-order valence-corrected chi connectivity index (χ4v) is 1.56. The van der Waals surface area contributed by atoms with E-state index in [1.165, 1.54) is 16.8 Å². The van der Waals surface area contributed by atoms with Gasteiger partial charge in [-0.1, -0.05) is 13.0 Å². The molecule has 17 heavy (non-hydrogen) atoms. The standard InChI is InChI=1S/C11H12N4O2/c1-2-8-6-11(12)14(13-8)9-4-3-5-10(7-9)15(16)17/h3-7H,2,12H2,1H3. The second-order valence-corrected chi connectivity index (χ2v) is 3.60. The Morgan fingerprint density at radius 1 is 1.47 bits per heavy atom. The van der Waals surface area contributed by atoms with Crippen LogP contribution in [-0.4, -0.2) is 14.7 Å². The second-order valence-electron chi connectivity index (χ2n) is 3.60. The van der Waals surface area contributed by atoms with Crippen LogP contribution in [0.3, 0.4) is 0 Å². The van der Waals surface area contributed by atoms with Crippen LogP contribution in [0.2, 0.25) is 0 Å². The van der Waals surface area contributed by atoms with Crippen LogP contribution in [0.1, 0.15) is 12.6 Å². The second kappa shape index (κ2) is 4.25. The molecule has 0 aliphatic heterocycles. The van der Waals surface area contributed by atoms with Crippen molar-refractivity contribution in [2.75, 3.05) is 5.73 Å². The minimum atomic E-state index is -0.441. The van der Waals surface area contributed by atoms with Crippen molar-refractivity contribution in [2.24, 2.45) is 0 Å². The average Bonchev–Trinajstić information content (AvgIpc) is 2.71. The number of nitrogens with two attached hydrogens (primary N) is 1. The Morgan fingerprint density at radius 2 is 2.24 bits per heavy atom. The van der Waals surface area contributed by atoms with Gasteiger partial charge in [-0.15, -0.1) is 0 Å². The van der Waals surface area contributed by atoms with E-state index >= 15 is 0 Å². The zero-order valence-electron chi connectivity index (χ0n) is 9.33. The molecule has 1 heterocycles. The summed E-state index contributed by atoms with van der Waals surface area (Å²) >= 11 is 0. The quantitative estimate of drug-likeness (QED) is 0.647. The topological polar surface area (TPSA) is 87.0 Å². The number of rotatable bonds is 3. The minimum absolute atomic E-state index is 0.0236. The maximum absolute atomic E-state index is 10.7. The number of aryl methyl sites for hydroxylation is 1. The number of nitrogens with zero attached hydrogens (tertiary/aromatic N) is 3. The van der Waals surface area contributed by atoms with Crippen molar-refractivity contribution < 1.29 is 4.92 Å². The van der Waals surface area contributed by atoms with E-state index in [9.17, 15) is 10.1 Å². The van der Waals surface area contributed by atoms with Crippen LogP contribution in [0.5, 0.6) is 0 Å². The molecule has 6 heteroatoms. The molecule has 0 spiro atoms. The van der Waals surface area contributed by atoms with E-state index in [1.807, 2.05) is 6.92 Å². The Balaban J connectivity index is 2.48. The Kier molecular flexibility index (Phi) is 2.78. The predicted octanol–water partition coefficient (Wildman–Crippen LogP) is 1.93. The summed E-state index contributed by atoms with van der Waals surface area (Å²) in [4.78, 5) is 10.2. The van der Waals surface area contributed by atoms with Crippen LogP contribution in [0.4, 0.5) is 11.5 Å². The Bertz CT molecular complexity index is 562. The molecule has 1 aromatic heterocycles. The summed E-state index contributed by atoms with van der Waals surface area (Å²) in [5, 5.41) is 14.9. The molecule has 6 nitrogen and oxygen atoms in total. The normalized spacial score (nSPS) is 10.4. The third-order valence-corrected chi connectivity index (χ3v) is 2.43. The molecule has 0 fully saturated rings. The maximum atomic E-state index is 10.7. The van der Waals surface area contributed by atoms with Gasteiger partial charge in [0.1, 0.15) is 5.82 Å². The smallest absolute Gasteiger partial charge is 0.271 e. The summed E-state index contributed by atoms with van der Waals surface area (Å²) in [6.07, 6.45) is 0.770. The van der Waals surface area contributed by atoms with Gasteiger partial charge in [0.05, 0.1) is 16.3 Å². The highest BCUT2D eigenvalue weighted by atomic mass is 16.6. The fourth-order valence-electron chi connectivity index (χ4n) is 1.56. The van der Waals surface area contributed by atoms with Gasteiger partial charge in [0, 0.05) is 18.2 Å². The number of nitro groups is 1. The van der Waals surface area contributed by atoms with E-state index in [1.54, 1.807) is 18.2 Å². The summed E-state index contributed by atoms with van der Waals surface area (Å²) in [5.74, 6) is 0.474. The summed E-state index contributed by atoms with van der Waals surface area (Å²) in [5.41, 5.74) is 7.28. The average molecular weight is 232 g/mol. The SMILES string of the molecule is CCc1cc(N)n(-c2cccc([N+](=O)[O-])c2)n1. The van der Waals surface area contributed by atoms with Crippen LogP contribution in [0, 0.1) is 10.1 Å². The molecule has 0 unspecified atom stereocenters. The Labute approximate surface area is 97.8 Å². The van der Waals surface area contributed by atoms with Gasteiger partial charge in [0.2, 0.25) is 0 Å². The van der Waals surface area contributed by atoms with Crippen LogP contribution < -0.4 is 5.73 Å². The number of anilines is 1. The number of hydrogen-bond donors (Lipinski definition) is 1. The first kappa shape index (κ1) is 11.1. The molecule has 0 amide bonds. The molecule has 1 aromatic carbocycles. The van der Waals surface area contributed by atoms with Crippen molar-refractivity contribution in [1.82, 2.24) is 9.78 Å². The van der Waals surface area contributed by atoms with Gasteiger partial charge in [-0.2, -0.15) is 5.10 Å². The largest absolute Gasteiger partial charge is 0.384 e. The molecule has 0 radical (unpaired) electrons. The fraction of sp³-hybridized carbons (Fsp3) is 0.182. The van der Waals surface area contributed by atoms with Gasteiger partial charge in [-0.05, 0) is 12.5 Å². The molecular formula is C11H12N4O2. The zero-order chi connectivity index (χ0) is 12.4. The molecule has 0 saturated carbocycles. The van der Waals surface area contributed by atoms with Crippen molar-refractivity contribution in [3.63, 3.8) is 0 Å². The maximum Gasteiger partial charge on any atom is 0.271 e. The minimum Gasteiger partial charge on any atom is -0.384 e. The Hall–Kier alpha value is -2.37. The number of hydrogen-bond acceptors (Lipinski definition) is 4. The van der Waals surface area contributed by atoms with Gasteiger partial charge in [-0.25, -0.2) is 4.68 Å². The lowest BCUT2D eigenvalue weighted by Gasteiger charge is -2.03. The first-order valence-corrected chi connectivity index (χ1v) is 5.21. The van der Waals surface area contributed by atoms with E-state index in [0.29, 0.717) is 11.5 Å². The van der Waals surface area contributed by atoms with E-state index < -0.39 is 4.92 Å². The van der Waals surface area contributed by atoms with Crippen molar-refractivity contribution in [3.05, 3.63) is 46.1 Å². The van der Waals surface area contributed by atoms with Crippen LogP contribution in [0.25, 0.3) is 5.69 Å². The highest BCUT2D eigenvalue weighted by molar-refractivity contribution is 5.48. The van der Waals surface area contributed by atoms with Crippen LogP contribution in [-0.2, 0) is 6.42 Å². The van der Waals surface area contributed by atoms with Gasteiger partial charge < -0.3 is 5.73 Å². The van der Waals surface area contributed by atoms with Crippen LogP contribution in [0.15, 0.2) is 30.3 Å². The molecule has 0 saturated heterocycles. The van der Waals surface area contributed by atoms with Gasteiger partial charge in [-0.3, -0.25) is 10.1 Å². The van der Waals surface area contributed by atoms with Crippen LogP contribution >= 0.6 is 0 Å². The van der Waals surface area contributed by atoms with E-state index in [-0.39, 0.29) is 5.69 Å². The lowest BCUT2D eigenvalue weighted by molar-refractivity contribution is -0.384. The predicted molar refractivity (Wildman–Crippen MR) is 64.0 cm³/mol. The van der Waals surface area contributed by atoms with Crippen molar-refractivity contribution in [1.29, 1.82) is 0 Å². The highest BCUT2D eigenvalue weighted by Gasteiger charge is 2.10. The van der Waals surface area contributed by atoms with E-state index in [2.05, 4.69) is 5.10 Å². The monoisotopic (exact) mass is 232 g/mol. The molecule has 2 rings (SSSR count). The highest BCUT2D eigenvalue weighted by Crippen LogP contribution is 2.19. The summed E-state index contributed by atoms with van der Waals surface area (Å²) in [6, 6.07) is 7.99. The van der Waals surface area contributed by atoms with E-state index in [4.69, 9.17) is 5.73 Å². The number of non-ortho nitro benzene ring substituents is 1. The first-order chi connectivity index (χ1) is 8.11. The summed E-state index contributed by atoms with van der Waals surface area (Å²) in [6.45, 7) is 1.97. The molecule has 2 aromatic rings. The molecule has 0 aliphatic rings. The zero-order valence-corrected chi connectivity index (χ0v) is 9.33. The number of aromatic nitrogens is 2. The van der Waals surface area contributed by atoms with E-state index in [0.717, 1.165) is 12.1 Å². The number of benzene rings is 1. The molecule has 0 atom stereocenters. The van der Waals surface area contributed by atoms with Gasteiger partial charge in [0.15, 0.2) is 0 Å². The van der Waals surface area contributed by atoms with Crippen molar-refractivity contribution >= 4 is 11.5 Å². The van der Waals surface area contributed by atoms with Gasteiger partial charge >= 0.3 is 0 Å². The molecule has 2 N–H and O–H groups in total. The van der Waals surface area contributed by atoms with Gasteiger partial charge in [0.25, 0.3) is 5.69 Å². The first-order valence-electron chi connectivity index (χ1n) is 5.21. The summed E-state index contributed by atoms with van der Waals surface area (Å²) in [7, 11) is 0. The molecule has 88 valence electrons. The molecular weight excluding hydrogens is 220 g/mol. The number of nitro benzene ring substituents is 1. The Morgan fingerprint density at radius 3 is 2.82 bits per heavy atom. The number of nitrogen functional groups attached to an aromatic ring is 1. The molecule has 0 bridgehead atoms. The lowest BCUT2D eigenvalue weighted by Crippen LogP contribution is -2.02. The lowest BCUT2D eigenvalue weighted by atomic mass is 10.3. The molecule has 0 aliphatic carbocycles. The summed E-state index contributed by atoms with van der Waals surface area (Å²) < 4.78 is 1.51.